The van der Waals surface area contributed by atoms with Gasteiger partial charge < -0.3 is 33.4 Å². The van der Waals surface area contributed by atoms with Crippen molar-refractivity contribution >= 4 is 23.0 Å². The number of carboxylic acid groups (broad SMARTS) is 1. The summed E-state index contributed by atoms with van der Waals surface area (Å²) in [5.74, 6) is -1.06. The Bertz CT molecular complexity index is 1620. The van der Waals surface area contributed by atoms with Crippen LogP contribution < -0.4 is 49.0 Å². The van der Waals surface area contributed by atoms with Crippen LogP contribution in [0.15, 0.2) is 47.0 Å². The summed E-state index contributed by atoms with van der Waals surface area (Å²) in [6.45, 7) is 4.95. The van der Waals surface area contributed by atoms with Gasteiger partial charge in [-0.15, -0.1) is 11.3 Å². The van der Waals surface area contributed by atoms with Crippen LogP contribution in [0.1, 0.15) is 32.6 Å². The number of aromatic nitrogens is 2. The van der Waals surface area contributed by atoms with Gasteiger partial charge in [0, 0.05) is 24.3 Å². The van der Waals surface area contributed by atoms with Crippen molar-refractivity contribution < 1.29 is 58.1 Å². The predicted molar refractivity (Wildman–Crippen MR) is 142 cm³/mol. The minimum Gasteiger partial charge on any atom is -0.544 e. The number of nitrogens with zero attached hydrogens (tertiary/aromatic N) is 5. The molecule has 202 valence electrons. The van der Waals surface area contributed by atoms with E-state index in [0.29, 0.717) is 36.0 Å². The average molecular weight is 580 g/mol. The van der Waals surface area contributed by atoms with E-state index in [2.05, 4.69) is 20.9 Å². The van der Waals surface area contributed by atoms with Crippen LogP contribution in [0.3, 0.4) is 0 Å². The fourth-order valence-corrected chi connectivity index (χ4v) is 5.03. The number of nitriles is 2. The first-order valence-corrected chi connectivity index (χ1v) is 13.2. The first-order valence-electron chi connectivity index (χ1n) is 12.3. The van der Waals surface area contributed by atoms with Gasteiger partial charge >= 0.3 is 35.5 Å². The molecule has 0 amide bonds. The van der Waals surface area contributed by atoms with E-state index in [1.54, 1.807) is 6.07 Å². The first-order chi connectivity index (χ1) is 19.5. The van der Waals surface area contributed by atoms with Crippen molar-refractivity contribution in [3.63, 3.8) is 0 Å². The number of hydrogen-bond acceptors (Lipinski definition) is 12. The minimum absolute atomic E-state index is 0. The van der Waals surface area contributed by atoms with Gasteiger partial charge in [0.05, 0.1) is 52.4 Å². The molecule has 0 aliphatic carbocycles. The smallest absolute Gasteiger partial charge is 0.544 e. The Labute approximate surface area is 261 Å². The molecule has 0 N–H and O–H groups in total. The van der Waals surface area contributed by atoms with E-state index < -0.39 is 5.97 Å². The van der Waals surface area contributed by atoms with Crippen LogP contribution in [0.5, 0.6) is 11.8 Å². The van der Waals surface area contributed by atoms with Crippen molar-refractivity contribution in [1.82, 2.24) is 9.97 Å². The fourth-order valence-electron chi connectivity index (χ4n) is 4.17. The predicted octanol–water partition coefficient (Wildman–Crippen LogP) is 0.390. The maximum Gasteiger partial charge on any atom is 1.00 e. The second-order valence-electron chi connectivity index (χ2n) is 8.55. The third-order valence-electron chi connectivity index (χ3n) is 6.11. The Morgan fingerprint density at radius 2 is 1.90 bits per heavy atom. The molecular formula is C28H22N5NaO6S. The summed E-state index contributed by atoms with van der Waals surface area (Å²) in [4.78, 5) is 22.7. The Morgan fingerprint density at radius 3 is 2.56 bits per heavy atom. The van der Waals surface area contributed by atoms with Crippen LogP contribution in [0.25, 0.3) is 22.7 Å². The van der Waals surface area contributed by atoms with Crippen LogP contribution in [0.4, 0.5) is 5.69 Å². The van der Waals surface area contributed by atoms with Crippen LogP contribution >= 0.6 is 11.3 Å². The van der Waals surface area contributed by atoms with Gasteiger partial charge in [-0.3, -0.25) is 0 Å². The summed E-state index contributed by atoms with van der Waals surface area (Å²) >= 11 is 0.869. The normalized spacial score (nSPS) is 12.6. The van der Waals surface area contributed by atoms with Crippen molar-refractivity contribution in [2.45, 2.75) is 13.5 Å². The number of ether oxygens (including phenoxy) is 3. The number of benzene rings is 1. The maximum absolute atomic E-state index is 11.3. The third kappa shape index (κ3) is 6.70. The van der Waals surface area contributed by atoms with Gasteiger partial charge in [-0.25, -0.2) is 9.97 Å². The minimum atomic E-state index is -1.39. The summed E-state index contributed by atoms with van der Waals surface area (Å²) in [5, 5.41) is 30.8. The van der Waals surface area contributed by atoms with E-state index >= 15 is 0 Å². The molecule has 11 nitrogen and oxygen atoms in total. The number of hydrogen-bond donors (Lipinski definition) is 0. The summed E-state index contributed by atoms with van der Waals surface area (Å²) in [6, 6.07) is 14.8. The molecular weight excluding hydrogens is 557 g/mol. The van der Waals surface area contributed by atoms with Crippen molar-refractivity contribution in [3.05, 3.63) is 63.5 Å². The molecule has 0 unspecified atom stereocenters. The molecule has 1 aliphatic rings. The molecule has 0 saturated carbocycles. The van der Waals surface area contributed by atoms with Crippen LogP contribution in [0, 0.1) is 22.7 Å². The molecule has 5 rings (SSSR count). The molecule has 0 spiro atoms. The Morgan fingerprint density at radius 1 is 1.15 bits per heavy atom. The molecule has 13 heteroatoms. The molecule has 1 aliphatic heterocycles. The van der Waals surface area contributed by atoms with E-state index in [9.17, 15) is 20.4 Å². The molecule has 1 fully saturated rings. The topological polar surface area (TPSA) is 158 Å². The van der Waals surface area contributed by atoms with Crippen molar-refractivity contribution in [3.8, 4) is 46.7 Å². The first kappa shape index (κ1) is 30.1. The zero-order chi connectivity index (χ0) is 28.1. The van der Waals surface area contributed by atoms with Crippen LogP contribution in [-0.2, 0) is 11.3 Å². The summed E-state index contributed by atoms with van der Waals surface area (Å²) in [6.07, 6.45) is 1.42. The van der Waals surface area contributed by atoms with Crippen LogP contribution in [-0.4, -0.2) is 48.8 Å². The maximum atomic E-state index is 11.3. The van der Waals surface area contributed by atoms with Crippen molar-refractivity contribution in [2.75, 3.05) is 37.8 Å². The molecule has 0 radical (unpaired) electrons. The standard InChI is InChI=1S/C28H23N5O6S.Na/c1-2-37-25-15-31-26(39-25)20-12-22(17-3-5-19(6-4-17)33-7-9-36-10-8-33)32-27(21(20)14-30)38-16-24-18(13-29)11-23(40-24)28(34)35;/h3-6,11-12,15H,2,7-10,16H2,1H3,(H,34,35);/q;+1/p-1. The SMILES string of the molecule is CCOc1cnc(-c2cc(-c3ccc(N4CCOCC4)cc3)nc(OCc3sc(C(=O)[O-])cc3C#N)c2C#N)o1.[Na+]. The Hall–Kier alpha value is -3.91. The summed E-state index contributed by atoms with van der Waals surface area (Å²) in [7, 11) is 0. The second kappa shape index (κ2) is 13.6. The number of carboxylic acids is 1. The zero-order valence-corrected chi connectivity index (χ0v) is 25.2. The Kier molecular flexibility index (Phi) is 10.00. The molecule has 0 atom stereocenters. The van der Waals surface area contributed by atoms with Gasteiger partial charge in [-0.1, -0.05) is 12.1 Å². The number of carbonyl (C=O) groups excluding carboxylic acids is 1. The second-order valence-corrected chi connectivity index (χ2v) is 9.68. The number of aromatic carboxylic acids is 1. The van der Waals surface area contributed by atoms with Gasteiger partial charge in [0.15, 0.2) is 0 Å². The summed E-state index contributed by atoms with van der Waals surface area (Å²) < 4.78 is 22.5. The monoisotopic (exact) mass is 579 g/mol. The van der Waals surface area contributed by atoms with E-state index in [1.807, 2.05) is 37.3 Å². The number of carbonyl (C=O) groups is 1. The van der Waals surface area contributed by atoms with E-state index in [0.717, 1.165) is 35.7 Å². The van der Waals surface area contributed by atoms with Crippen molar-refractivity contribution in [2.24, 2.45) is 0 Å². The molecule has 0 bridgehead atoms. The number of morpholine rings is 1. The molecule has 41 heavy (non-hydrogen) atoms. The van der Waals surface area contributed by atoms with Crippen molar-refractivity contribution in [1.29, 1.82) is 10.5 Å². The molecule has 1 saturated heterocycles. The number of rotatable bonds is 9. The number of thiophene rings is 1. The van der Waals surface area contributed by atoms with Gasteiger partial charge in [0.2, 0.25) is 11.8 Å². The van der Waals surface area contributed by atoms with Gasteiger partial charge in [0.25, 0.3) is 0 Å². The number of pyridine rings is 1. The molecule has 4 heterocycles. The molecule has 1 aromatic carbocycles. The van der Waals surface area contributed by atoms with Crippen LogP contribution in [0.2, 0.25) is 0 Å². The molecule has 4 aromatic rings. The zero-order valence-electron chi connectivity index (χ0n) is 22.4. The molecule has 3 aromatic heterocycles. The Balaban J connectivity index is 0.00000387. The largest absolute Gasteiger partial charge is 1.00 e. The van der Waals surface area contributed by atoms with E-state index in [1.165, 1.54) is 12.3 Å². The summed E-state index contributed by atoms with van der Waals surface area (Å²) in [5.41, 5.74) is 2.86. The quantitative estimate of drug-likeness (QED) is 0.253. The van der Waals surface area contributed by atoms with Gasteiger partial charge in [-0.2, -0.15) is 10.5 Å². The number of oxazole rings is 1. The number of anilines is 1. The van der Waals surface area contributed by atoms with E-state index in [-0.39, 0.29) is 69.9 Å². The van der Waals surface area contributed by atoms with E-state index in [4.69, 9.17) is 18.6 Å². The van der Waals surface area contributed by atoms with Gasteiger partial charge in [0.1, 0.15) is 30.5 Å². The fraction of sp³-hybridized carbons (Fsp3) is 0.250. The third-order valence-corrected chi connectivity index (χ3v) is 7.20. The average Bonchev–Trinajstić information content (AvgIpc) is 3.63. The van der Waals surface area contributed by atoms with Gasteiger partial charge in [-0.05, 0) is 31.2 Å².